The lowest BCUT2D eigenvalue weighted by Gasteiger charge is -2.23. The van der Waals surface area contributed by atoms with Crippen LogP contribution in [0, 0.1) is 24.0 Å². The van der Waals surface area contributed by atoms with Gasteiger partial charge in [0.1, 0.15) is 0 Å². The highest BCUT2D eigenvalue weighted by molar-refractivity contribution is 5.59. The highest BCUT2D eigenvalue weighted by Gasteiger charge is 2.16. The Bertz CT molecular complexity index is 478. The Labute approximate surface area is 120 Å². The van der Waals surface area contributed by atoms with E-state index in [0.717, 1.165) is 16.8 Å². The first-order chi connectivity index (χ1) is 9.58. The average Bonchev–Trinajstić information content (AvgIpc) is 2.35. The predicted molar refractivity (Wildman–Crippen MR) is 82.3 cm³/mol. The van der Waals surface area contributed by atoms with Gasteiger partial charge in [-0.2, -0.15) is 0 Å². The average molecular weight is 276 g/mol. The molecule has 1 fully saturated rings. The van der Waals surface area contributed by atoms with E-state index in [2.05, 4.69) is 5.32 Å². The van der Waals surface area contributed by atoms with Crippen molar-refractivity contribution in [2.45, 2.75) is 64.8 Å². The molecule has 20 heavy (non-hydrogen) atoms. The van der Waals surface area contributed by atoms with Crippen LogP contribution < -0.4 is 5.32 Å². The van der Waals surface area contributed by atoms with Crippen molar-refractivity contribution >= 4 is 11.4 Å². The molecule has 4 nitrogen and oxygen atoms in total. The zero-order chi connectivity index (χ0) is 14.5. The first-order valence-electron chi connectivity index (χ1n) is 7.60. The summed E-state index contributed by atoms with van der Waals surface area (Å²) in [6.07, 6.45) is 8.99. The molecule has 0 bridgehead atoms. The summed E-state index contributed by atoms with van der Waals surface area (Å²) in [6, 6.07) is 4.11. The first kappa shape index (κ1) is 14.8. The van der Waals surface area contributed by atoms with Crippen molar-refractivity contribution in [3.05, 3.63) is 33.4 Å². The van der Waals surface area contributed by atoms with E-state index in [9.17, 15) is 10.1 Å². The molecule has 0 amide bonds. The second-order valence-electron chi connectivity index (χ2n) is 5.90. The summed E-state index contributed by atoms with van der Waals surface area (Å²) >= 11 is 0. The van der Waals surface area contributed by atoms with Crippen LogP contribution >= 0.6 is 0 Å². The van der Waals surface area contributed by atoms with Crippen molar-refractivity contribution in [1.29, 1.82) is 0 Å². The molecule has 1 N–H and O–H groups in total. The van der Waals surface area contributed by atoms with Gasteiger partial charge in [0.2, 0.25) is 0 Å². The fourth-order valence-corrected chi connectivity index (χ4v) is 2.97. The van der Waals surface area contributed by atoms with Crippen LogP contribution in [0.4, 0.5) is 11.4 Å². The maximum atomic E-state index is 10.9. The summed E-state index contributed by atoms with van der Waals surface area (Å²) in [6.45, 7) is 3.75. The van der Waals surface area contributed by atoms with Crippen molar-refractivity contribution in [1.82, 2.24) is 0 Å². The van der Waals surface area contributed by atoms with Crippen molar-refractivity contribution in [2.75, 3.05) is 5.32 Å². The molecular formula is C16H24N2O2. The summed E-state index contributed by atoms with van der Waals surface area (Å²) in [5.41, 5.74) is 2.96. The largest absolute Gasteiger partial charge is 0.382 e. The number of nitrogens with zero attached hydrogens (tertiary/aromatic N) is 1. The molecule has 1 saturated carbocycles. The molecule has 1 aromatic rings. The fourth-order valence-electron chi connectivity index (χ4n) is 2.97. The van der Waals surface area contributed by atoms with Gasteiger partial charge < -0.3 is 5.32 Å². The van der Waals surface area contributed by atoms with Gasteiger partial charge in [0.15, 0.2) is 0 Å². The predicted octanol–water partition coefficient (Wildman–Crippen LogP) is 4.74. The standard InChI is InChI=1S/C16H24N2O2/c1-12-11-16(18(19)20)13(2)10-15(12)17-14-8-6-4-3-5-7-9-14/h10-11,14,17H,3-9H2,1-2H3. The normalized spacial score (nSPS) is 17.3. The van der Waals surface area contributed by atoms with E-state index < -0.39 is 0 Å². The minimum Gasteiger partial charge on any atom is -0.382 e. The lowest BCUT2D eigenvalue weighted by atomic mass is 9.96. The van der Waals surface area contributed by atoms with E-state index >= 15 is 0 Å². The van der Waals surface area contributed by atoms with Gasteiger partial charge in [-0.05, 0) is 38.3 Å². The maximum Gasteiger partial charge on any atom is 0.272 e. The Morgan fingerprint density at radius 3 is 2.25 bits per heavy atom. The molecule has 2 rings (SSSR count). The van der Waals surface area contributed by atoms with E-state index in [0.29, 0.717) is 6.04 Å². The van der Waals surface area contributed by atoms with Crippen LogP contribution in [-0.4, -0.2) is 11.0 Å². The third-order valence-corrected chi connectivity index (χ3v) is 4.20. The molecule has 0 saturated heterocycles. The molecule has 0 aromatic heterocycles. The zero-order valence-electron chi connectivity index (χ0n) is 12.4. The third-order valence-electron chi connectivity index (χ3n) is 4.20. The van der Waals surface area contributed by atoms with Crippen molar-refractivity contribution in [3.8, 4) is 0 Å². The molecule has 0 spiro atoms. The molecule has 1 aromatic carbocycles. The Balaban J connectivity index is 2.12. The maximum absolute atomic E-state index is 10.9. The van der Waals surface area contributed by atoms with Gasteiger partial charge in [-0.1, -0.05) is 32.1 Å². The van der Waals surface area contributed by atoms with Crippen LogP contribution in [0.1, 0.15) is 56.1 Å². The third kappa shape index (κ3) is 3.71. The summed E-state index contributed by atoms with van der Waals surface area (Å²) in [5.74, 6) is 0. The van der Waals surface area contributed by atoms with Crippen LogP contribution in [0.5, 0.6) is 0 Å². The van der Waals surface area contributed by atoms with Crippen molar-refractivity contribution < 1.29 is 4.92 Å². The van der Waals surface area contributed by atoms with Crippen molar-refractivity contribution in [3.63, 3.8) is 0 Å². The van der Waals surface area contributed by atoms with Crippen LogP contribution in [-0.2, 0) is 0 Å². The lowest BCUT2D eigenvalue weighted by molar-refractivity contribution is -0.385. The van der Waals surface area contributed by atoms with Crippen LogP contribution in [0.3, 0.4) is 0 Å². The smallest absolute Gasteiger partial charge is 0.272 e. The molecule has 0 atom stereocenters. The number of rotatable bonds is 3. The van der Waals surface area contributed by atoms with Crippen molar-refractivity contribution in [2.24, 2.45) is 0 Å². The van der Waals surface area contributed by atoms with E-state index in [4.69, 9.17) is 0 Å². The van der Waals surface area contributed by atoms with E-state index in [1.807, 2.05) is 13.0 Å². The van der Waals surface area contributed by atoms with E-state index in [1.54, 1.807) is 13.0 Å². The number of benzene rings is 1. The Kier molecular flexibility index (Phi) is 4.99. The van der Waals surface area contributed by atoms with E-state index in [1.165, 1.54) is 44.9 Å². The Morgan fingerprint density at radius 1 is 1.05 bits per heavy atom. The number of nitro groups is 1. The number of nitrogens with one attached hydrogen (secondary N) is 1. The van der Waals surface area contributed by atoms with Gasteiger partial charge in [0, 0.05) is 23.4 Å². The van der Waals surface area contributed by atoms with Crippen LogP contribution in [0.15, 0.2) is 12.1 Å². The molecule has 0 unspecified atom stereocenters. The summed E-state index contributed by atoms with van der Waals surface area (Å²) in [5, 5.41) is 14.5. The second kappa shape index (κ2) is 6.73. The number of hydrogen-bond acceptors (Lipinski definition) is 3. The van der Waals surface area contributed by atoms with Gasteiger partial charge in [-0.3, -0.25) is 10.1 Å². The first-order valence-corrected chi connectivity index (χ1v) is 7.60. The van der Waals surface area contributed by atoms with Crippen LogP contribution in [0.2, 0.25) is 0 Å². The number of anilines is 1. The molecule has 0 radical (unpaired) electrons. The zero-order valence-corrected chi connectivity index (χ0v) is 12.4. The molecular weight excluding hydrogens is 252 g/mol. The SMILES string of the molecule is Cc1cc([N+](=O)[O-])c(C)cc1NC1CCCCCCC1. The number of hydrogen-bond donors (Lipinski definition) is 1. The van der Waals surface area contributed by atoms with Gasteiger partial charge in [-0.15, -0.1) is 0 Å². The molecule has 1 aliphatic carbocycles. The van der Waals surface area contributed by atoms with Gasteiger partial charge in [0.25, 0.3) is 5.69 Å². The number of aryl methyl sites for hydroxylation is 2. The topological polar surface area (TPSA) is 55.2 Å². The molecule has 4 heteroatoms. The number of nitro benzene ring substituents is 1. The fraction of sp³-hybridized carbons (Fsp3) is 0.625. The summed E-state index contributed by atoms with van der Waals surface area (Å²) < 4.78 is 0. The molecule has 110 valence electrons. The molecule has 0 heterocycles. The minimum absolute atomic E-state index is 0.214. The van der Waals surface area contributed by atoms with Gasteiger partial charge in [0.05, 0.1) is 4.92 Å². The minimum atomic E-state index is -0.304. The Hall–Kier alpha value is -1.58. The highest BCUT2D eigenvalue weighted by atomic mass is 16.6. The van der Waals surface area contributed by atoms with E-state index in [-0.39, 0.29) is 10.6 Å². The Morgan fingerprint density at radius 2 is 1.65 bits per heavy atom. The quantitative estimate of drug-likeness (QED) is 0.641. The van der Waals surface area contributed by atoms with Gasteiger partial charge in [-0.25, -0.2) is 0 Å². The molecule has 0 aliphatic heterocycles. The second-order valence-corrected chi connectivity index (χ2v) is 5.90. The van der Waals surface area contributed by atoms with Crippen LogP contribution in [0.25, 0.3) is 0 Å². The van der Waals surface area contributed by atoms with Gasteiger partial charge >= 0.3 is 0 Å². The lowest BCUT2D eigenvalue weighted by Crippen LogP contribution is -2.21. The summed E-state index contributed by atoms with van der Waals surface area (Å²) in [7, 11) is 0. The highest BCUT2D eigenvalue weighted by Crippen LogP contribution is 2.28. The molecule has 1 aliphatic rings. The monoisotopic (exact) mass is 276 g/mol. The summed E-state index contributed by atoms with van der Waals surface area (Å²) in [4.78, 5) is 10.6.